The molecule has 106 valence electrons. The summed E-state index contributed by atoms with van der Waals surface area (Å²) in [5.41, 5.74) is 1.44. The number of nitrogens with zero attached hydrogens (tertiary/aromatic N) is 1. The largest absolute Gasteiger partial charge is 0.322 e. The Hall–Kier alpha value is -0.940. The highest BCUT2D eigenvalue weighted by Gasteiger charge is 2.23. The van der Waals surface area contributed by atoms with Gasteiger partial charge in [0.05, 0.1) is 4.88 Å². The SMILES string of the molecule is Clc1ncc(C[NH+]2CC[NH+](Cc3ccccc3)CC2)s1. The van der Waals surface area contributed by atoms with Gasteiger partial charge in [-0.3, -0.25) is 0 Å². The number of nitrogens with one attached hydrogen (secondary N) is 2. The highest BCUT2D eigenvalue weighted by molar-refractivity contribution is 7.15. The summed E-state index contributed by atoms with van der Waals surface area (Å²) in [7, 11) is 0. The van der Waals surface area contributed by atoms with E-state index < -0.39 is 0 Å². The fourth-order valence-electron chi connectivity index (χ4n) is 2.81. The molecule has 20 heavy (non-hydrogen) atoms. The Balaban J connectivity index is 1.47. The third-order valence-corrected chi connectivity index (χ3v) is 5.03. The highest BCUT2D eigenvalue weighted by atomic mass is 35.5. The van der Waals surface area contributed by atoms with Crippen molar-refractivity contribution in [3.63, 3.8) is 0 Å². The Morgan fingerprint density at radius 1 is 1.00 bits per heavy atom. The van der Waals surface area contributed by atoms with E-state index in [1.54, 1.807) is 21.1 Å². The molecule has 0 atom stereocenters. The second kappa shape index (κ2) is 6.68. The van der Waals surface area contributed by atoms with Crippen LogP contribution in [-0.2, 0) is 13.1 Å². The maximum atomic E-state index is 5.89. The van der Waals surface area contributed by atoms with Crippen LogP contribution in [0.1, 0.15) is 10.4 Å². The first kappa shape index (κ1) is 14.0. The molecule has 2 N–H and O–H groups in total. The van der Waals surface area contributed by atoms with Gasteiger partial charge in [0.25, 0.3) is 0 Å². The molecule has 1 aromatic heterocycles. The number of thiazole rings is 1. The normalized spacial score (nSPS) is 22.9. The van der Waals surface area contributed by atoms with E-state index in [4.69, 9.17) is 11.6 Å². The zero-order valence-corrected chi connectivity index (χ0v) is 13.0. The van der Waals surface area contributed by atoms with Gasteiger partial charge in [0.2, 0.25) is 0 Å². The van der Waals surface area contributed by atoms with E-state index in [1.807, 2.05) is 6.20 Å². The minimum absolute atomic E-state index is 0.660. The first-order chi connectivity index (χ1) is 9.79. The van der Waals surface area contributed by atoms with Crippen LogP contribution in [0.5, 0.6) is 0 Å². The van der Waals surface area contributed by atoms with Crippen molar-refractivity contribution < 1.29 is 9.80 Å². The predicted molar refractivity (Wildman–Crippen MR) is 82.4 cm³/mol. The third-order valence-electron chi connectivity index (χ3n) is 3.91. The topological polar surface area (TPSA) is 21.8 Å². The number of hydrogen-bond acceptors (Lipinski definition) is 2. The van der Waals surface area contributed by atoms with Crippen LogP contribution in [0, 0.1) is 0 Å². The molecule has 0 radical (unpaired) electrons. The molecule has 2 aromatic rings. The highest BCUT2D eigenvalue weighted by Crippen LogP contribution is 2.16. The summed E-state index contributed by atoms with van der Waals surface area (Å²) >= 11 is 7.50. The predicted octanol–water partition coefficient (Wildman–Crippen LogP) is 0.280. The number of piperazine rings is 1. The standard InChI is InChI=1S/C15H18ClN3S/c16-15-17-10-14(20-15)12-19-8-6-18(7-9-19)11-13-4-2-1-3-5-13/h1-5,10H,6-9,11-12H2/p+2. The average molecular weight is 310 g/mol. The first-order valence-electron chi connectivity index (χ1n) is 7.11. The molecule has 0 amide bonds. The summed E-state index contributed by atoms with van der Waals surface area (Å²) in [6.45, 7) is 7.19. The molecule has 2 heterocycles. The van der Waals surface area contributed by atoms with Crippen molar-refractivity contribution in [3.05, 3.63) is 51.4 Å². The van der Waals surface area contributed by atoms with Gasteiger partial charge in [-0.1, -0.05) is 41.9 Å². The lowest BCUT2D eigenvalue weighted by Crippen LogP contribution is -3.27. The summed E-state index contributed by atoms with van der Waals surface area (Å²) < 4.78 is 0.660. The van der Waals surface area contributed by atoms with Gasteiger partial charge in [0.1, 0.15) is 39.3 Å². The molecule has 1 aliphatic rings. The maximum Gasteiger partial charge on any atom is 0.183 e. The minimum Gasteiger partial charge on any atom is -0.322 e. The van der Waals surface area contributed by atoms with Crippen LogP contribution in [0.3, 0.4) is 0 Å². The molecule has 0 bridgehead atoms. The number of benzene rings is 1. The van der Waals surface area contributed by atoms with Gasteiger partial charge in [-0.25, -0.2) is 4.98 Å². The zero-order valence-electron chi connectivity index (χ0n) is 11.4. The van der Waals surface area contributed by atoms with E-state index in [-0.39, 0.29) is 0 Å². The number of rotatable bonds is 4. The quantitative estimate of drug-likeness (QED) is 0.832. The molecule has 0 spiro atoms. The molecule has 0 saturated carbocycles. The summed E-state index contributed by atoms with van der Waals surface area (Å²) in [6.07, 6.45) is 1.92. The molecule has 1 aliphatic heterocycles. The van der Waals surface area contributed by atoms with Crippen molar-refractivity contribution in [1.29, 1.82) is 0 Å². The Labute approximate surface area is 128 Å². The lowest BCUT2D eigenvalue weighted by Gasteiger charge is -2.29. The second-order valence-electron chi connectivity index (χ2n) is 5.42. The molecule has 1 fully saturated rings. The Morgan fingerprint density at radius 3 is 2.25 bits per heavy atom. The van der Waals surface area contributed by atoms with Crippen molar-refractivity contribution in [2.24, 2.45) is 0 Å². The smallest absolute Gasteiger partial charge is 0.183 e. The molecule has 1 aromatic carbocycles. The fraction of sp³-hybridized carbons (Fsp3) is 0.400. The van der Waals surface area contributed by atoms with Crippen LogP contribution in [-0.4, -0.2) is 31.2 Å². The van der Waals surface area contributed by atoms with Crippen molar-refractivity contribution in [2.45, 2.75) is 13.1 Å². The number of aromatic nitrogens is 1. The Kier molecular flexibility index (Phi) is 4.68. The maximum absolute atomic E-state index is 5.89. The van der Waals surface area contributed by atoms with Gasteiger partial charge in [-0.2, -0.15) is 0 Å². The van der Waals surface area contributed by atoms with Crippen molar-refractivity contribution in [2.75, 3.05) is 26.2 Å². The lowest BCUT2D eigenvalue weighted by atomic mass is 10.2. The van der Waals surface area contributed by atoms with Crippen LogP contribution in [0.2, 0.25) is 4.47 Å². The third kappa shape index (κ3) is 3.79. The Morgan fingerprint density at radius 2 is 1.65 bits per heavy atom. The van der Waals surface area contributed by atoms with Gasteiger partial charge in [0.15, 0.2) is 4.47 Å². The summed E-state index contributed by atoms with van der Waals surface area (Å²) in [4.78, 5) is 8.77. The van der Waals surface area contributed by atoms with E-state index >= 15 is 0 Å². The van der Waals surface area contributed by atoms with E-state index in [9.17, 15) is 0 Å². The average Bonchev–Trinajstić information content (AvgIpc) is 2.88. The lowest BCUT2D eigenvalue weighted by molar-refractivity contribution is -1.02. The monoisotopic (exact) mass is 309 g/mol. The van der Waals surface area contributed by atoms with Crippen LogP contribution >= 0.6 is 22.9 Å². The van der Waals surface area contributed by atoms with E-state index in [2.05, 4.69) is 35.3 Å². The molecule has 5 heteroatoms. The second-order valence-corrected chi connectivity index (χ2v) is 7.12. The molecule has 0 unspecified atom stereocenters. The van der Waals surface area contributed by atoms with Crippen LogP contribution < -0.4 is 9.80 Å². The molecule has 1 saturated heterocycles. The zero-order chi connectivity index (χ0) is 13.8. The van der Waals surface area contributed by atoms with Crippen LogP contribution in [0.15, 0.2) is 36.5 Å². The number of quaternary nitrogens is 2. The first-order valence-corrected chi connectivity index (χ1v) is 8.30. The van der Waals surface area contributed by atoms with E-state index in [0.717, 1.165) is 13.1 Å². The summed E-state index contributed by atoms with van der Waals surface area (Å²) in [5.74, 6) is 0. The molecule has 0 aliphatic carbocycles. The minimum atomic E-state index is 0.660. The van der Waals surface area contributed by atoms with E-state index in [0.29, 0.717) is 4.47 Å². The molecule has 3 nitrogen and oxygen atoms in total. The van der Waals surface area contributed by atoms with Crippen LogP contribution in [0.25, 0.3) is 0 Å². The van der Waals surface area contributed by atoms with Crippen molar-refractivity contribution in [3.8, 4) is 0 Å². The fourth-order valence-corrected chi connectivity index (χ4v) is 3.86. The molecule has 3 rings (SSSR count). The molecular formula is C15H20ClN3S+2. The van der Waals surface area contributed by atoms with Gasteiger partial charge >= 0.3 is 0 Å². The van der Waals surface area contributed by atoms with Gasteiger partial charge in [-0.15, -0.1) is 11.3 Å². The van der Waals surface area contributed by atoms with Gasteiger partial charge in [-0.05, 0) is 0 Å². The summed E-state index contributed by atoms with van der Waals surface area (Å²) in [5, 5.41) is 0. The van der Waals surface area contributed by atoms with Crippen molar-refractivity contribution in [1.82, 2.24) is 4.98 Å². The van der Waals surface area contributed by atoms with Crippen LogP contribution in [0.4, 0.5) is 0 Å². The number of hydrogen-bond donors (Lipinski definition) is 2. The van der Waals surface area contributed by atoms with Gasteiger partial charge < -0.3 is 9.80 Å². The van der Waals surface area contributed by atoms with Crippen molar-refractivity contribution >= 4 is 22.9 Å². The van der Waals surface area contributed by atoms with E-state index in [1.165, 1.54) is 36.6 Å². The van der Waals surface area contributed by atoms with Gasteiger partial charge in [0, 0.05) is 11.8 Å². The summed E-state index contributed by atoms with van der Waals surface area (Å²) in [6, 6.07) is 10.8. The molecular weight excluding hydrogens is 290 g/mol. The Bertz CT molecular complexity index is 535. The number of halogens is 1.